The number of anilines is 1. The van der Waals surface area contributed by atoms with Crippen molar-refractivity contribution in [2.75, 3.05) is 19.3 Å². The predicted octanol–water partition coefficient (Wildman–Crippen LogP) is 1.77. The summed E-state index contributed by atoms with van der Waals surface area (Å²) in [4.78, 5) is 17.8. The van der Waals surface area contributed by atoms with Crippen LogP contribution in [0.25, 0.3) is 0 Å². The van der Waals surface area contributed by atoms with Gasteiger partial charge in [0, 0.05) is 24.8 Å². The summed E-state index contributed by atoms with van der Waals surface area (Å²) in [6.45, 7) is 4.40. The van der Waals surface area contributed by atoms with E-state index < -0.39 is 0 Å². The molecule has 0 saturated heterocycles. The van der Waals surface area contributed by atoms with Gasteiger partial charge >= 0.3 is 0 Å². The summed E-state index contributed by atoms with van der Waals surface area (Å²) < 4.78 is 0. The summed E-state index contributed by atoms with van der Waals surface area (Å²) >= 11 is 0. The Hall–Kier alpha value is -2.09. The molecular formula is C13H18N4O. The third kappa shape index (κ3) is 3.45. The van der Waals surface area contributed by atoms with E-state index >= 15 is 0 Å². The lowest BCUT2D eigenvalue weighted by Crippen LogP contribution is -2.27. The fourth-order valence-electron chi connectivity index (χ4n) is 1.53. The van der Waals surface area contributed by atoms with Gasteiger partial charge in [-0.25, -0.2) is 4.98 Å². The van der Waals surface area contributed by atoms with Crippen molar-refractivity contribution in [3.63, 3.8) is 0 Å². The number of nitrogen functional groups attached to an aromatic ring is 1. The van der Waals surface area contributed by atoms with Gasteiger partial charge in [0.05, 0.1) is 12.5 Å². The molecular weight excluding hydrogens is 228 g/mol. The summed E-state index contributed by atoms with van der Waals surface area (Å²) in [7, 11) is 1.67. The van der Waals surface area contributed by atoms with E-state index in [4.69, 9.17) is 11.0 Å². The summed E-state index contributed by atoms with van der Waals surface area (Å²) in [5.41, 5.74) is 7.02. The molecule has 0 bridgehead atoms. The van der Waals surface area contributed by atoms with Crippen LogP contribution in [-0.4, -0.2) is 29.4 Å². The van der Waals surface area contributed by atoms with Gasteiger partial charge in [0.25, 0.3) is 5.91 Å². The van der Waals surface area contributed by atoms with E-state index in [1.54, 1.807) is 19.2 Å². The third-order valence-corrected chi connectivity index (χ3v) is 2.61. The Morgan fingerprint density at radius 3 is 2.78 bits per heavy atom. The molecule has 1 aromatic rings. The molecule has 0 saturated carbocycles. The van der Waals surface area contributed by atoms with Crippen LogP contribution in [0.1, 0.15) is 42.2 Å². The molecule has 0 fully saturated rings. The topological polar surface area (TPSA) is 83.0 Å². The molecule has 0 aliphatic rings. The van der Waals surface area contributed by atoms with E-state index in [1.807, 2.05) is 19.9 Å². The van der Waals surface area contributed by atoms with Crippen molar-refractivity contribution in [1.29, 1.82) is 5.26 Å². The normalized spacial score (nSPS) is 10.2. The number of hydrogen-bond acceptors (Lipinski definition) is 4. The molecule has 0 spiro atoms. The van der Waals surface area contributed by atoms with E-state index in [0.717, 1.165) is 5.69 Å². The molecule has 0 aromatic carbocycles. The van der Waals surface area contributed by atoms with Crippen molar-refractivity contribution in [3.8, 4) is 6.07 Å². The van der Waals surface area contributed by atoms with Gasteiger partial charge < -0.3 is 10.6 Å². The molecule has 0 atom stereocenters. The number of nitrogens with zero attached hydrogens (tertiary/aromatic N) is 3. The molecule has 0 aliphatic heterocycles. The first kappa shape index (κ1) is 14.0. The summed E-state index contributed by atoms with van der Waals surface area (Å²) in [6.07, 6.45) is 0.319. The molecule has 0 aliphatic carbocycles. The Balaban J connectivity index is 2.95. The summed E-state index contributed by atoms with van der Waals surface area (Å²) in [6, 6.07) is 5.34. The first-order valence-electron chi connectivity index (χ1n) is 5.85. The van der Waals surface area contributed by atoms with Gasteiger partial charge in [-0.2, -0.15) is 5.26 Å². The van der Waals surface area contributed by atoms with Gasteiger partial charge in [0.15, 0.2) is 0 Å². The minimum absolute atomic E-state index is 0.138. The number of aromatic nitrogens is 1. The number of pyridine rings is 1. The van der Waals surface area contributed by atoms with Crippen molar-refractivity contribution in [2.45, 2.75) is 26.2 Å². The van der Waals surface area contributed by atoms with E-state index in [9.17, 15) is 4.79 Å². The number of hydrogen-bond donors (Lipinski definition) is 1. The highest BCUT2D eigenvalue weighted by Crippen LogP contribution is 2.17. The molecule has 5 heteroatoms. The molecule has 96 valence electrons. The zero-order valence-electron chi connectivity index (χ0n) is 11.0. The second-order valence-corrected chi connectivity index (χ2v) is 4.50. The smallest absolute Gasteiger partial charge is 0.253 e. The van der Waals surface area contributed by atoms with Crippen LogP contribution >= 0.6 is 0 Å². The van der Waals surface area contributed by atoms with E-state index in [0.29, 0.717) is 24.3 Å². The Labute approximate surface area is 107 Å². The highest BCUT2D eigenvalue weighted by Gasteiger charge is 2.14. The lowest BCUT2D eigenvalue weighted by atomic mass is 10.1. The standard InChI is InChI=1S/C13H18N4O/c1-9(2)11-7-10(8-12(15)16-11)13(18)17(3)6-4-5-14/h7-9H,4,6H2,1-3H3,(H2,15,16). The van der Waals surface area contributed by atoms with Crippen LogP contribution in [0.4, 0.5) is 5.82 Å². The average Bonchev–Trinajstić information content (AvgIpc) is 2.34. The maximum Gasteiger partial charge on any atom is 0.253 e. The highest BCUT2D eigenvalue weighted by molar-refractivity contribution is 5.94. The zero-order chi connectivity index (χ0) is 13.7. The predicted molar refractivity (Wildman–Crippen MR) is 69.9 cm³/mol. The average molecular weight is 246 g/mol. The van der Waals surface area contributed by atoms with Crippen LogP contribution in [0.3, 0.4) is 0 Å². The van der Waals surface area contributed by atoms with E-state index in [1.165, 1.54) is 4.90 Å². The fourth-order valence-corrected chi connectivity index (χ4v) is 1.53. The molecule has 1 heterocycles. The first-order chi connectivity index (χ1) is 8.45. The molecule has 5 nitrogen and oxygen atoms in total. The molecule has 2 N–H and O–H groups in total. The number of nitriles is 1. The lowest BCUT2D eigenvalue weighted by molar-refractivity contribution is 0.0798. The maximum atomic E-state index is 12.1. The van der Waals surface area contributed by atoms with Crippen molar-refractivity contribution >= 4 is 11.7 Å². The Morgan fingerprint density at radius 1 is 1.56 bits per heavy atom. The van der Waals surface area contributed by atoms with Crippen LogP contribution in [0.5, 0.6) is 0 Å². The number of carbonyl (C=O) groups excluding carboxylic acids is 1. The van der Waals surface area contributed by atoms with Gasteiger partial charge in [-0.3, -0.25) is 4.79 Å². The monoisotopic (exact) mass is 246 g/mol. The van der Waals surface area contributed by atoms with Crippen molar-refractivity contribution in [2.24, 2.45) is 0 Å². The number of rotatable bonds is 4. The molecule has 1 aromatic heterocycles. The van der Waals surface area contributed by atoms with Crippen LogP contribution < -0.4 is 5.73 Å². The van der Waals surface area contributed by atoms with Crippen molar-refractivity contribution < 1.29 is 4.79 Å². The van der Waals surface area contributed by atoms with Crippen molar-refractivity contribution in [1.82, 2.24) is 9.88 Å². The SMILES string of the molecule is CC(C)c1cc(C(=O)N(C)CCC#N)cc(N)n1. The second-order valence-electron chi connectivity index (χ2n) is 4.50. The molecule has 18 heavy (non-hydrogen) atoms. The second kappa shape index (κ2) is 6.01. The lowest BCUT2D eigenvalue weighted by Gasteiger charge is -2.16. The van der Waals surface area contributed by atoms with Crippen LogP contribution in [0.2, 0.25) is 0 Å². The minimum atomic E-state index is -0.138. The molecule has 1 rings (SSSR count). The Bertz CT molecular complexity index is 476. The van der Waals surface area contributed by atoms with Crippen LogP contribution in [-0.2, 0) is 0 Å². The van der Waals surface area contributed by atoms with Gasteiger partial charge in [0.1, 0.15) is 5.82 Å². The van der Waals surface area contributed by atoms with Gasteiger partial charge in [-0.05, 0) is 18.1 Å². The van der Waals surface area contributed by atoms with Gasteiger partial charge in [0.2, 0.25) is 0 Å². The fraction of sp³-hybridized carbons (Fsp3) is 0.462. The third-order valence-electron chi connectivity index (χ3n) is 2.61. The van der Waals surface area contributed by atoms with Gasteiger partial charge in [-0.1, -0.05) is 13.8 Å². The summed E-state index contributed by atoms with van der Waals surface area (Å²) in [5.74, 6) is 0.420. The van der Waals surface area contributed by atoms with Crippen LogP contribution in [0.15, 0.2) is 12.1 Å². The quantitative estimate of drug-likeness (QED) is 0.877. The molecule has 0 unspecified atom stereocenters. The number of nitrogens with two attached hydrogens (primary N) is 1. The Morgan fingerprint density at radius 2 is 2.22 bits per heavy atom. The molecule has 1 amide bonds. The highest BCUT2D eigenvalue weighted by atomic mass is 16.2. The van der Waals surface area contributed by atoms with Crippen molar-refractivity contribution in [3.05, 3.63) is 23.4 Å². The minimum Gasteiger partial charge on any atom is -0.384 e. The Kier molecular flexibility index (Phi) is 4.67. The summed E-state index contributed by atoms with van der Waals surface area (Å²) in [5, 5.41) is 8.51. The van der Waals surface area contributed by atoms with E-state index in [-0.39, 0.29) is 11.8 Å². The zero-order valence-corrected chi connectivity index (χ0v) is 11.0. The first-order valence-corrected chi connectivity index (χ1v) is 5.85. The number of amides is 1. The number of carbonyl (C=O) groups is 1. The van der Waals surface area contributed by atoms with E-state index in [2.05, 4.69) is 4.98 Å². The maximum absolute atomic E-state index is 12.1. The van der Waals surface area contributed by atoms with Crippen LogP contribution in [0, 0.1) is 11.3 Å². The largest absolute Gasteiger partial charge is 0.384 e. The van der Waals surface area contributed by atoms with Gasteiger partial charge in [-0.15, -0.1) is 0 Å². The molecule has 0 radical (unpaired) electrons.